The fraction of sp³-hybridized carbons (Fsp3) is 0.615. The second-order valence-corrected chi connectivity index (χ2v) is 5.51. The van der Waals surface area contributed by atoms with Crippen LogP contribution >= 0.6 is 11.8 Å². The van der Waals surface area contributed by atoms with Gasteiger partial charge in [-0.2, -0.15) is 0 Å². The smallest absolute Gasteiger partial charge is 0.411 e. The first-order chi connectivity index (χ1) is 8.99. The predicted octanol–water partition coefficient (Wildman–Crippen LogP) is 2.33. The predicted molar refractivity (Wildman–Crippen MR) is 77.5 cm³/mol. The van der Waals surface area contributed by atoms with Crippen LogP contribution in [0.5, 0.6) is 0 Å². The van der Waals surface area contributed by atoms with Crippen LogP contribution in [-0.4, -0.2) is 47.4 Å². The molecule has 0 saturated carbocycles. The normalized spacial score (nSPS) is 19.4. The minimum absolute atomic E-state index is 0.0164. The molecular formula is C13H20N2O3S. The molecule has 0 saturated heterocycles. The first kappa shape index (κ1) is 15.8. The Hall–Kier alpha value is -1.30. The van der Waals surface area contributed by atoms with Gasteiger partial charge in [-0.15, -0.1) is 11.8 Å². The highest BCUT2D eigenvalue weighted by Crippen LogP contribution is 2.22. The van der Waals surface area contributed by atoms with Crippen molar-refractivity contribution >= 4 is 28.8 Å². The van der Waals surface area contributed by atoms with Gasteiger partial charge in [0, 0.05) is 0 Å². The van der Waals surface area contributed by atoms with E-state index >= 15 is 0 Å². The van der Waals surface area contributed by atoms with E-state index in [0.717, 1.165) is 6.42 Å². The quantitative estimate of drug-likeness (QED) is 0.743. The average molecular weight is 284 g/mol. The average Bonchev–Trinajstić information content (AvgIpc) is 2.36. The van der Waals surface area contributed by atoms with Crippen LogP contribution in [0.2, 0.25) is 0 Å². The van der Waals surface area contributed by atoms with Gasteiger partial charge in [-0.1, -0.05) is 26.5 Å². The van der Waals surface area contributed by atoms with Gasteiger partial charge in [-0.25, -0.2) is 9.79 Å². The zero-order valence-corrected chi connectivity index (χ0v) is 12.4. The van der Waals surface area contributed by atoms with Gasteiger partial charge in [0.2, 0.25) is 0 Å². The molecule has 0 unspecified atom stereocenters. The van der Waals surface area contributed by atoms with E-state index in [-0.39, 0.29) is 25.1 Å². The van der Waals surface area contributed by atoms with Crippen molar-refractivity contribution in [3.05, 3.63) is 12.7 Å². The zero-order chi connectivity index (χ0) is 14.4. The van der Waals surface area contributed by atoms with Gasteiger partial charge in [-0.3, -0.25) is 9.69 Å². The Morgan fingerprint density at radius 3 is 2.89 bits per heavy atom. The van der Waals surface area contributed by atoms with Gasteiger partial charge in [-0.05, 0) is 18.6 Å². The lowest BCUT2D eigenvalue weighted by atomic mass is 10.0. The molecule has 1 rings (SSSR count). The summed E-state index contributed by atoms with van der Waals surface area (Å²) in [5.41, 5.74) is 0. The number of aliphatic imine (C=N–C) groups is 1. The Labute approximate surface area is 118 Å². The lowest BCUT2D eigenvalue weighted by molar-refractivity contribution is -0.119. The number of hydrogen-bond acceptors (Lipinski definition) is 4. The van der Waals surface area contributed by atoms with E-state index in [9.17, 15) is 9.59 Å². The molecule has 1 heterocycles. The molecule has 0 aromatic carbocycles. The Kier molecular flexibility index (Phi) is 6.08. The van der Waals surface area contributed by atoms with Crippen molar-refractivity contribution in [2.75, 3.05) is 19.4 Å². The highest BCUT2D eigenvalue weighted by Gasteiger charge is 2.34. The summed E-state index contributed by atoms with van der Waals surface area (Å²) in [6.07, 6.45) is 3.64. The van der Waals surface area contributed by atoms with Crippen molar-refractivity contribution in [2.24, 2.45) is 10.9 Å². The van der Waals surface area contributed by atoms with Crippen molar-refractivity contribution < 1.29 is 14.3 Å². The maximum atomic E-state index is 12.0. The maximum Gasteiger partial charge on any atom is 0.411 e. The Balaban J connectivity index is 2.91. The molecule has 0 radical (unpaired) electrons. The molecule has 0 fully saturated rings. The molecule has 19 heavy (non-hydrogen) atoms. The molecule has 1 aliphatic heterocycles. The van der Waals surface area contributed by atoms with Crippen molar-refractivity contribution in [1.29, 1.82) is 0 Å². The minimum atomic E-state index is -0.486. The van der Waals surface area contributed by atoms with Gasteiger partial charge in [0.05, 0.1) is 11.1 Å². The summed E-state index contributed by atoms with van der Waals surface area (Å²) in [6.45, 7) is 7.77. The first-order valence-electron chi connectivity index (χ1n) is 6.19. The third-order valence-corrected chi connectivity index (χ3v) is 3.45. The van der Waals surface area contributed by atoms with E-state index in [4.69, 9.17) is 4.74 Å². The molecule has 1 atom stereocenters. The molecule has 2 amide bonds. The topological polar surface area (TPSA) is 59.0 Å². The van der Waals surface area contributed by atoms with Crippen LogP contribution in [0.1, 0.15) is 20.3 Å². The van der Waals surface area contributed by atoms with Crippen molar-refractivity contribution in [3.63, 3.8) is 0 Å². The molecule has 6 heteroatoms. The Morgan fingerprint density at radius 1 is 1.68 bits per heavy atom. The minimum Gasteiger partial charge on any atom is -0.445 e. The van der Waals surface area contributed by atoms with Crippen LogP contribution in [0.15, 0.2) is 17.6 Å². The molecule has 0 aromatic heterocycles. The third-order valence-electron chi connectivity index (χ3n) is 2.66. The summed E-state index contributed by atoms with van der Waals surface area (Å²) in [7, 11) is 0. The summed E-state index contributed by atoms with van der Waals surface area (Å²) < 4.78 is 5.04. The van der Waals surface area contributed by atoms with Crippen LogP contribution in [0, 0.1) is 5.92 Å². The number of carbonyl (C=O) groups excluding carboxylic acids is 2. The largest absolute Gasteiger partial charge is 0.445 e. The molecule has 0 aliphatic carbocycles. The summed E-state index contributed by atoms with van der Waals surface area (Å²) in [5, 5.41) is 0.681. The molecule has 0 spiro atoms. The number of hydrogen-bond donors (Lipinski definition) is 0. The lowest BCUT2D eigenvalue weighted by Gasteiger charge is -2.34. The molecule has 1 aliphatic rings. The van der Waals surface area contributed by atoms with Gasteiger partial charge in [0.1, 0.15) is 13.2 Å². The number of amides is 2. The van der Waals surface area contributed by atoms with E-state index in [1.165, 1.54) is 22.7 Å². The number of thioether (sulfide) groups is 1. The molecule has 5 nitrogen and oxygen atoms in total. The maximum absolute atomic E-state index is 12.0. The van der Waals surface area contributed by atoms with E-state index < -0.39 is 6.09 Å². The molecule has 0 bridgehead atoms. The number of ether oxygens (including phenoxy) is 1. The standard InChI is InChI=1S/C13H20N2O3S/c1-5-6-18-13(17)15-8-11(16)14-12(19-4)10(15)7-9(2)3/h5,9-10H,1,6-8H2,2-4H3/t10-/m0/s1. The van der Waals surface area contributed by atoms with Crippen LogP contribution in [0.3, 0.4) is 0 Å². The molecule has 0 aromatic rings. The van der Waals surface area contributed by atoms with Gasteiger partial charge in [0.25, 0.3) is 5.91 Å². The second-order valence-electron chi connectivity index (χ2n) is 4.69. The first-order valence-corrected chi connectivity index (χ1v) is 7.41. The fourth-order valence-corrected chi connectivity index (χ4v) is 2.57. The SMILES string of the molecule is C=CCOC(=O)N1CC(=O)N=C(SC)[C@@H]1CC(C)C. The van der Waals surface area contributed by atoms with E-state index in [0.29, 0.717) is 11.0 Å². The highest BCUT2D eigenvalue weighted by atomic mass is 32.2. The number of nitrogens with zero attached hydrogens (tertiary/aromatic N) is 2. The number of rotatable bonds is 4. The summed E-state index contributed by atoms with van der Waals surface area (Å²) in [4.78, 5) is 29.1. The lowest BCUT2D eigenvalue weighted by Crippen LogP contribution is -2.50. The summed E-state index contributed by atoms with van der Waals surface area (Å²) in [5.74, 6) is 0.0881. The summed E-state index contributed by atoms with van der Waals surface area (Å²) in [6, 6.07) is -0.176. The van der Waals surface area contributed by atoms with Crippen LogP contribution in [0.25, 0.3) is 0 Å². The molecule has 0 N–H and O–H groups in total. The monoisotopic (exact) mass is 284 g/mol. The van der Waals surface area contributed by atoms with Gasteiger partial charge in [0.15, 0.2) is 0 Å². The van der Waals surface area contributed by atoms with Crippen molar-refractivity contribution in [3.8, 4) is 0 Å². The van der Waals surface area contributed by atoms with E-state index in [1.807, 2.05) is 6.26 Å². The third kappa shape index (κ3) is 4.38. The Morgan fingerprint density at radius 2 is 2.37 bits per heavy atom. The zero-order valence-electron chi connectivity index (χ0n) is 11.6. The van der Waals surface area contributed by atoms with Crippen LogP contribution in [-0.2, 0) is 9.53 Å². The van der Waals surface area contributed by atoms with Crippen molar-refractivity contribution in [2.45, 2.75) is 26.3 Å². The van der Waals surface area contributed by atoms with Gasteiger partial charge >= 0.3 is 6.09 Å². The van der Waals surface area contributed by atoms with E-state index in [2.05, 4.69) is 25.4 Å². The van der Waals surface area contributed by atoms with Crippen LogP contribution < -0.4 is 0 Å². The Bertz CT molecular complexity index is 393. The fourth-order valence-electron chi connectivity index (χ4n) is 1.88. The number of carbonyl (C=O) groups is 2. The van der Waals surface area contributed by atoms with Crippen molar-refractivity contribution in [1.82, 2.24) is 4.90 Å². The summed E-state index contributed by atoms with van der Waals surface area (Å²) >= 11 is 1.40. The highest BCUT2D eigenvalue weighted by molar-refractivity contribution is 8.13. The molecule has 106 valence electrons. The second kappa shape index (κ2) is 7.33. The molecular weight excluding hydrogens is 264 g/mol. The van der Waals surface area contributed by atoms with E-state index in [1.54, 1.807) is 0 Å². The van der Waals surface area contributed by atoms with Crippen LogP contribution in [0.4, 0.5) is 4.79 Å². The van der Waals surface area contributed by atoms with Gasteiger partial charge < -0.3 is 4.74 Å².